The maximum absolute atomic E-state index is 14.5. The lowest BCUT2D eigenvalue weighted by Gasteiger charge is -2.27. The molecule has 0 saturated heterocycles. The number of hydrogen-bond donors (Lipinski definition) is 3. The van der Waals surface area contributed by atoms with Crippen LogP contribution in [0.1, 0.15) is 141 Å². The van der Waals surface area contributed by atoms with Crippen molar-refractivity contribution in [3.05, 3.63) is 88.0 Å². The van der Waals surface area contributed by atoms with Gasteiger partial charge in [-0.2, -0.15) is 0 Å². The van der Waals surface area contributed by atoms with E-state index in [0.29, 0.717) is 19.3 Å². The summed E-state index contributed by atoms with van der Waals surface area (Å²) in [7, 11) is 0. The number of fused-ring (bicyclic) bond motifs is 6. The molecule has 1 aliphatic heterocycles. The fourth-order valence-corrected chi connectivity index (χ4v) is 6.17. The molecule has 0 unspecified atom stereocenters. The number of carbonyl (C=O) groups excluding carboxylic acids is 6. The third-order valence-corrected chi connectivity index (χ3v) is 8.97. The number of nitrogens with two attached hydrogens (primary N) is 3. The highest BCUT2D eigenvalue weighted by Gasteiger charge is 2.29. The van der Waals surface area contributed by atoms with Crippen LogP contribution in [0.4, 0.5) is 17.1 Å². The first-order valence-electron chi connectivity index (χ1n) is 17.7. The van der Waals surface area contributed by atoms with E-state index in [2.05, 4.69) is 0 Å². The van der Waals surface area contributed by atoms with E-state index in [4.69, 9.17) is 17.2 Å². The van der Waals surface area contributed by atoms with Gasteiger partial charge in [-0.05, 0) is 73.9 Å². The van der Waals surface area contributed by atoms with Gasteiger partial charge >= 0.3 is 0 Å². The van der Waals surface area contributed by atoms with Crippen LogP contribution in [0, 0.1) is 0 Å². The Balaban J connectivity index is 2.12. The number of carbonyl (C=O) groups is 6. The average molecular weight is 697 g/mol. The highest BCUT2D eigenvalue weighted by atomic mass is 16.2. The van der Waals surface area contributed by atoms with Gasteiger partial charge in [-0.3, -0.25) is 28.8 Å². The Bertz CT molecular complexity index is 1610. The summed E-state index contributed by atoms with van der Waals surface area (Å²) in [6.07, 6.45) is 6.76. The zero-order valence-electron chi connectivity index (χ0n) is 29.7. The standard InChI is InChI=1S/C39H48N6O6/c1-4-7-10-13-43-31-19-25(34(40)46)17-29(22-31)38(50)45(15-12-9-6-3)33-21-27(36(42)48)18-30(24-33)39(51)44(14-11-8-5-2)32-20-26(35(41)47)16-28(23-32)37(43)49/h16-24H,4-15H2,1-3H3,(H2,40,46)(H2,41,47)(H2,42,48). The van der Waals surface area contributed by atoms with Crippen LogP contribution in [0.2, 0.25) is 0 Å². The van der Waals surface area contributed by atoms with Gasteiger partial charge in [-0.15, -0.1) is 0 Å². The summed E-state index contributed by atoms with van der Waals surface area (Å²) < 4.78 is 0. The van der Waals surface area contributed by atoms with Crippen LogP contribution in [0.3, 0.4) is 0 Å². The number of primary amides is 3. The molecule has 3 aromatic carbocycles. The summed E-state index contributed by atoms with van der Waals surface area (Å²) in [5.41, 5.74) is 18.3. The quantitative estimate of drug-likeness (QED) is 0.168. The second-order valence-electron chi connectivity index (χ2n) is 12.9. The third-order valence-electron chi connectivity index (χ3n) is 8.97. The van der Waals surface area contributed by atoms with Gasteiger partial charge in [-0.25, -0.2) is 0 Å². The van der Waals surface area contributed by atoms with Crippen molar-refractivity contribution in [1.29, 1.82) is 0 Å². The predicted molar refractivity (Wildman–Crippen MR) is 198 cm³/mol. The molecular weight excluding hydrogens is 648 g/mol. The number of benzene rings is 3. The van der Waals surface area contributed by atoms with Crippen LogP contribution in [0.25, 0.3) is 0 Å². The molecule has 0 radical (unpaired) electrons. The van der Waals surface area contributed by atoms with Crippen LogP contribution in [0.5, 0.6) is 0 Å². The molecule has 4 rings (SSSR count). The van der Waals surface area contributed by atoms with Crippen LogP contribution >= 0.6 is 0 Å². The lowest BCUT2D eigenvalue weighted by Crippen LogP contribution is -2.35. The van der Waals surface area contributed by atoms with E-state index in [1.807, 2.05) is 20.8 Å². The van der Waals surface area contributed by atoms with Crippen molar-refractivity contribution in [3.8, 4) is 0 Å². The summed E-state index contributed by atoms with van der Waals surface area (Å²) in [4.78, 5) is 86.0. The molecule has 1 aliphatic rings. The zero-order valence-corrected chi connectivity index (χ0v) is 29.7. The molecule has 1 heterocycles. The van der Waals surface area contributed by atoms with E-state index in [-0.39, 0.29) is 70.1 Å². The Morgan fingerprint density at radius 3 is 0.902 bits per heavy atom. The van der Waals surface area contributed by atoms with Crippen LogP contribution in [0.15, 0.2) is 54.6 Å². The number of unbranched alkanes of at least 4 members (excludes halogenated alkanes) is 6. The topological polar surface area (TPSA) is 190 Å². The lowest BCUT2D eigenvalue weighted by molar-refractivity contribution is 0.0971. The third kappa shape index (κ3) is 9.19. The van der Waals surface area contributed by atoms with Gasteiger partial charge in [0.25, 0.3) is 17.7 Å². The second kappa shape index (κ2) is 17.4. The second-order valence-corrected chi connectivity index (χ2v) is 12.9. The smallest absolute Gasteiger partial charge is 0.258 e. The zero-order chi connectivity index (χ0) is 37.2. The lowest BCUT2D eigenvalue weighted by atomic mass is 10.0. The molecule has 6 N–H and O–H groups in total. The largest absolute Gasteiger partial charge is 0.366 e. The first-order valence-corrected chi connectivity index (χ1v) is 17.7. The van der Waals surface area contributed by atoms with Gasteiger partial charge in [0.15, 0.2) is 0 Å². The first-order chi connectivity index (χ1) is 24.4. The van der Waals surface area contributed by atoms with E-state index in [0.717, 1.165) is 38.5 Å². The molecular formula is C39H48N6O6. The number of anilines is 3. The summed E-state index contributed by atoms with van der Waals surface area (Å²) in [5.74, 6) is -3.97. The van der Waals surface area contributed by atoms with Crippen LogP contribution < -0.4 is 31.9 Å². The molecule has 12 heteroatoms. The van der Waals surface area contributed by atoms with Crippen molar-refractivity contribution in [2.45, 2.75) is 78.6 Å². The van der Waals surface area contributed by atoms with Gasteiger partial charge in [0.05, 0.1) is 0 Å². The molecule has 6 bridgehead atoms. The molecule has 3 aromatic rings. The van der Waals surface area contributed by atoms with Crippen LogP contribution in [-0.4, -0.2) is 55.1 Å². The highest BCUT2D eigenvalue weighted by molar-refractivity contribution is 6.15. The predicted octanol–water partition coefficient (Wildman–Crippen LogP) is 5.81. The van der Waals surface area contributed by atoms with Gasteiger partial charge in [0.1, 0.15) is 0 Å². The molecule has 270 valence electrons. The van der Waals surface area contributed by atoms with Gasteiger partial charge in [0, 0.05) is 70.1 Å². The van der Waals surface area contributed by atoms with E-state index < -0.39 is 35.4 Å². The SMILES string of the molecule is CCCCCN1C(=O)c2cc(C(N)=O)cc(c2)N(CCCCC)C(=O)c2cc(C(N)=O)cc(c2)N(CCCCC)C(=O)c2cc(C(N)=O)cc1c2. The number of rotatable bonds is 15. The highest BCUT2D eigenvalue weighted by Crippen LogP contribution is 2.31. The normalized spacial score (nSPS) is 13.2. The minimum atomic E-state index is -0.799. The maximum atomic E-state index is 14.5. The van der Waals surface area contributed by atoms with E-state index in [1.165, 1.54) is 69.3 Å². The monoisotopic (exact) mass is 696 g/mol. The molecule has 12 nitrogen and oxygen atoms in total. The molecule has 0 fully saturated rings. The van der Waals surface area contributed by atoms with Gasteiger partial charge < -0.3 is 31.9 Å². The Hall–Kier alpha value is -5.52. The Morgan fingerprint density at radius 1 is 0.431 bits per heavy atom. The number of nitrogens with zero attached hydrogens (tertiary/aromatic N) is 3. The van der Waals surface area contributed by atoms with Crippen molar-refractivity contribution in [2.24, 2.45) is 17.2 Å². The van der Waals surface area contributed by atoms with Gasteiger partial charge in [-0.1, -0.05) is 59.3 Å². The fraction of sp³-hybridized carbons (Fsp3) is 0.385. The molecule has 0 aromatic heterocycles. The van der Waals surface area contributed by atoms with E-state index in [9.17, 15) is 28.8 Å². The van der Waals surface area contributed by atoms with Gasteiger partial charge in [0.2, 0.25) is 17.7 Å². The maximum Gasteiger partial charge on any atom is 0.258 e. The molecule has 0 aliphatic carbocycles. The van der Waals surface area contributed by atoms with Crippen molar-refractivity contribution >= 4 is 52.5 Å². The Morgan fingerprint density at radius 2 is 0.686 bits per heavy atom. The molecule has 6 amide bonds. The molecule has 51 heavy (non-hydrogen) atoms. The number of amides is 6. The summed E-state index contributed by atoms with van der Waals surface area (Å²) in [6.45, 7) is 6.74. The van der Waals surface area contributed by atoms with Crippen LogP contribution in [-0.2, 0) is 0 Å². The minimum absolute atomic E-state index is 0.0115. The van der Waals surface area contributed by atoms with E-state index >= 15 is 0 Å². The fourth-order valence-electron chi connectivity index (χ4n) is 6.17. The summed E-state index contributed by atoms with van der Waals surface area (Å²) in [5, 5.41) is 0. The summed E-state index contributed by atoms with van der Waals surface area (Å²) >= 11 is 0. The van der Waals surface area contributed by atoms with Crippen molar-refractivity contribution in [1.82, 2.24) is 0 Å². The Kier molecular flexibility index (Phi) is 13.1. The molecule has 0 saturated carbocycles. The van der Waals surface area contributed by atoms with Crippen molar-refractivity contribution in [3.63, 3.8) is 0 Å². The summed E-state index contributed by atoms with van der Waals surface area (Å²) in [6, 6.07) is 13.1. The average Bonchev–Trinajstić information content (AvgIpc) is 3.12. The molecule has 0 spiro atoms. The van der Waals surface area contributed by atoms with E-state index in [1.54, 1.807) is 0 Å². The molecule has 0 atom stereocenters. The minimum Gasteiger partial charge on any atom is -0.366 e. The number of hydrogen-bond acceptors (Lipinski definition) is 6. The van der Waals surface area contributed by atoms with Crippen molar-refractivity contribution < 1.29 is 28.8 Å². The van der Waals surface area contributed by atoms with Crippen molar-refractivity contribution in [2.75, 3.05) is 34.3 Å². The Labute approximate surface area is 298 Å². The first kappa shape index (κ1) is 38.3.